The Labute approximate surface area is 298 Å². The molecule has 4 amide bonds. The lowest BCUT2D eigenvalue weighted by Crippen LogP contribution is -2.60. The Morgan fingerprint density at radius 3 is 2.22 bits per heavy atom. The first-order valence-corrected chi connectivity index (χ1v) is 16.8. The van der Waals surface area contributed by atoms with Crippen LogP contribution >= 0.6 is 23.2 Å². The number of methoxy groups -OCH3 is 3. The van der Waals surface area contributed by atoms with E-state index in [1.165, 1.54) is 31.2 Å². The van der Waals surface area contributed by atoms with Gasteiger partial charge in [-0.15, -0.1) is 23.2 Å². The van der Waals surface area contributed by atoms with Crippen molar-refractivity contribution in [3.8, 4) is 23.0 Å². The lowest BCUT2D eigenvalue weighted by atomic mass is 9.56. The highest BCUT2D eigenvalue weighted by molar-refractivity contribution is 6.53. The van der Waals surface area contributed by atoms with Crippen LogP contribution in [0, 0.1) is 17.8 Å². The van der Waals surface area contributed by atoms with Crippen molar-refractivity contribution in [3.05, 3.63) is 89.0 Å². The maximum Gasteiger partial charge on any atom is 0.253 e. The average molecular weight is 718 g/mol. The van der Waals surface area contributed by atoms with E-state index < -0.39 is 51.1 Å². The van der Waals surface area contributed by atoms with Gasteiger partial charge in [0.2, 0.25) is 11.8 Å². The van der Waals surface area contributed by atoms with Crippen LogP contribution in [0.5, 0.6) is 23.0 Å². The summed E-state index contributed by atoms with van der Waals surface area (Å²) in [6.07, 6.45) is 5.73. The second-order valence-electron chi connectivity index (χ2n) is 13.0. The molecule has 7 rings (SSSR count). The van der Waals surface area contributed by atoms with Crippen molar-refractivity contribution in [2.75, 3.05) is 33.3 Å². The number of carbonyl (C=O) groups excluding carboxylic acids is 4. The summed E-state index contributed by atoms with van der Waals surface area (Å²) in [5, 5.41) is 10.2. The maximum absolute atomic E-state index is 14.4. The van der Waals surface area contributed by atoms with E-state index in [0.717, 1.165) is 16.0 Å². The first kappa shape index (κ1) is 33.7. The number of alkyl halides is 2. The van der Waals surface area contributed by atoms with Crippen molar-refractivity contribution in [3.63, 3.8) is 0 Å². The Morgan fingerprint density at radius 2 is 1.54 bits per heavy atom. The predicted octanol–water partition coefficient (Wildman–Crippen LogP) is 5.78. The van der Waals surface area contributed by atoms with E-state index in [2.05, 4.69) is 0 Å². The Bertz CT molecular complexity index is 2010. The summed E-state index contributed by atoms with van der Waals surface area (Å²) in [5.74, 6) is -3.82. The summed E-state index contributed by atoms with van der Waals surface area (Å²) in [4.78, 5) is 54.2. The molecule has 50 heavy (non-hydrogen) atoms. The fourth-order valence-electron chi connectivity index (χ4n) is 8.17. The zero-order valence-corrected chi connectivity index (χ0v) is 29.2. The van der Waals surface area contributed by atoms with E-state index in [-0.39, 0.29) is 30.2 Å². The van der Waals surface area contributed by atoms with Crippen LogP contribution in [0.25, 0.3) is 12.2 Å². The molecular weight excluding hydrogens is 683 g/mol. The summed E-state index contributed by atoms with van der Waals surface area (Å²) in [5.41, 5.74) is 3.12. The highest BCUT2D eigenvalue weighted by atomic mass is 35.5. The predicted molar refractivity (Wildman–Crippen MR) is 188 cm³/mol. The molecule has 6 atom stereocenters. The highest BCUT2D eigenvalue weighted by Gasteiger charge is 2.76. The molecule has 258 valence electrons. The number of phenolic OH excluding ortho intramolecular Hbond substituents is 1. The number of aromatic hydroxyl groups is 1. The minimum Gasteiger partial charge on any atom is -0.508 e. The smallest absolute Gasteiger partial charge is 0.253 e. The van der Waals surface area contributed by atoms with Gasteiger partial charge >= 0.3 is 0 Å². The summed E-state index contributed by atoms with van der Waals surface area (Å²) in [7, 11) is 5.93. The fraction of sp³-hybridized carbons (Fsp3) is 0.316. The third-order valence-corrected chi connectivity index (χ3v) is 12.0. The summed E-state index contributed by atoms with van der Waals surface area (Å²) >= 11 is 14.5. The topological polar surface area (TPSA) is 123 Å². The zero-order valence-electron chi connectivity index (χ0n) is 27.7. The first-order chi connectivity index (χ1) is 23.9. The molecule has 2 aliphatic heterocycles. The van der Waals surface area contributed by atoms with Gasteiger partial charge in [-0.25, -0.2) is 0 Å². The molecule has 0 unspecified atom stereocenters. The molecule has 3 aromatic rings. The normalized spacial score (nSPS) is 28.8. The van der Waals surface area contributed by atoms with Crippen molar-refractivity contribution < 1.29 is 38.5 Å². The standard InChI is InChI=1S/C38H34Cl2N2O8/c1-41-35(46)37(39)19-28-25(32(38(37,40)36(41)47)26-13-11-23(43)18-30(26)50-4)14-15-27-31(28)34(45)42(33(27)44)22-9-6-20(7-10-22)5-8-21-17-24(48-2)12-16-29(21)49-3/h5-14,16-18,27-28,31-32,43H,15,19H2,1-4H3/t27-,28+,31-,32+,37+,38-/m0/s1. The highest BCUT2D eigenvalue weighted by Crippen LogP contribution is 2.66. The largest absolute Gasteiger partial charge is 0.508 e. The van der Waals surface area contributed by atoms with Crippen LogP contribution in [0.3, 0.4) is 0 Å². The number of carbonyl (C=O) groups is 4. The van der Waals surface area contributed by atoms with Crippen LogP contribution in [-0.2, 0) is 19.2 Å². The van der Waals surface area contributed by atoms with E-state index in [1.807, 2.05) is 48.6 Å². The van der Waals surface area contributed by atoms with Crippen LogP contribution in [0.1, 0.15) is 35.4 Å². The molecule has 2 heterocycles. The number of likely N-dealkylation sites (tertiary alicyclic amines) is 1. The van der Waals surface area contributed by atoms with Crippen LogP contribution < -0.4 is 19.1 Å². The van der Waals surface area contributed by atoms with Gasteiger partial charge in [0.1, 0.15) is 23.0 Å². The molecule has 0 radical (unpaired) electrons. The quantitative estimate of drug-likeness (QED) is 0.141. The lowest BCUT2D eigenvalue weighted by molar-refractivity contribution is -0.138. The monoisotopic (exact) mass is 716 g/mol. The van der Waals surface area contributed by atoms with Gasteiger partial charge < -0.3 is 19.3 Å². The molecule has 1 N–H and O–H groups in total. The van der Waals surface area contributed by atoms with E-state index in [0.29, 0.717) is 28.3 Å². The molecular formula is C38H34Cl2N2O8. The van der Waals surface area contributed by atoms with Crippen LogP contribution in [-0.4, -0.2) is 71.8 Å². The molecule has 2 aliphatic carbocycles. The number of hydrogen-bond acceptors (Lipinski definition) is 8. The number of halogens is 2. The number of imide groups is 2. The van der Waals surface area contributed by atoms with Crippen molar-refractivity contribution in [2.24, 2.45) is 17.8 Å². The molecule has 1 saturated carbocycles. The molecule has 3 aromatic carbocycles. The number of amides is 4. The Balaban J connectivity index is 1.24. The maximum atomic E-state index is 14.4. The minimum atomic E-state index is -1.95. The van der Waals surface area contributed by atoms with Gasteiger partial charge in [-0.1, -0.05) is 42.0 Å². The third kappa shape index (κ3) is 4.75. The van der Waals surface area contributed by atoms with E-state index in [1.54, 1.807) is 32.4 Å². The van der Waals surface area contributed by atoms with Gasteiger partial charge in [0.15, 0.2) is 9.75 Å². The molecule has 12 heteroatoms. The number of nitrogens with zero attached hydrogens (tertiary/aromatic N) is 2. The number of anilines is 1. The number of allylic oxidation sites excluding steroid dienone is 2. The molecule has 3 fully saturated rings. The summed E-state index contributed by atoms with van der Waals surface area (Å²) in [6, 6.07) is 17.0. The van der Waals surface area contributed by atoms with Gasteiger partial charge in [0.05, 0.1) is 38.9 Å². The minimum absolute atomic E-state index is 0.0731. The van der Waals surface area contributed by atoms with Gasteiger partial charge in [-0.05, 0) is 60.7 Å². The fourth-order valence-corrected chi connectivity index (χ4v) is 9.18. The van der Waals surface area contributed by atoms with Gasteiger partial charge in [0, 0.05) is 30.2 Å². The average Bonchev–Trinajstić information content (AvgIpc) is 3.45. The van der Waals surface area contributed by atoms with Crippen LogP contribution in [0.15, 0.2) is 72.3 Å². The number of hydrogen-bond donors (Lipinski definition) is 1. The van der Waals surface area contributed by atoms with Gasteiger partial charge in [-0.3, -0.25) is 29.0 Å². The Morgan fingerprint density at radius 1 is 0.820 bits per heavy atom. The van der Waals surface area contributed by atoms with Crippen LogP contribution in [0.4, 0.5) is 5.69 Å². The molecule has 10 nitrogen and oxygen atoms in total. The number of fused-ring (bicyclic) bond motifs is 4. The molecule has 4 aliphatic rings. The second-order valence-corrected chi connectivity index (χ2v) is 14.2. The number of benzene rings is 3. The number of rotatable bonds is 7. The first-order valence-electron chi connectivity index (χ1n) is 16.0. The SMILES string of the molecule is COc1ccc(OC)c(C=Cc2ccc(N3C(=O)[C@H]4[C@H](CC=C5[C@H]4C[C@@]4(Cl)C(=O)N(C)C(=O)[C@@]4(Cl)[C@H]5c4ccc(O)cc4OC)C3=O)cc2)c1. The summed E-state index contributed by atoms with van der Waals surface area (Å²) < 4.78 is 16.4. The molecule has 0 bridgehead atoms. The van der Waals surface area contributed by atoms with E-state index in [4.69, 9.17) is 37.4 Å². The Hall–Kier alpha value is -4.80. The van der Waals surface area contributed by atoms with E-state index in [9.17, 15) is 24.3 Å². The molecule has 0 spiro atoms. The number of ether oxygens (including phenoxy) is 3. The molecule has 0 aromatic heterocycles. The summed E-state index contributed by atoms with van der Waals surface area (Å²) in [6.45, 7) is 0. The lowest BCUT2D eigenvalue weighted by Gasteiger charge is -2.51. The van der Waals surface area contributed by atoms with Crippen molar-refractivity contribution >= 4 is 64.7 Å². The van der Waals surface area contributed by atoms with Crippen molar-refractivity contribution in [2.45, 2.75) is 28.5 Å². The third-order valence-electron chi connectivity index (χ3n) is 10.6. The van der Waals surface area contributed by atoms with Crippen molar-refractivity contribution in [1.29, 1.82) is 0 Å². The number of phenols is 1. The van der Waals surface area contributed by atoms with E-state index >= 15 is 0 Å². The Kier molecular flexibility index (Phi) is 8.22. The van der Waals surface area contributed by atoms with Crippen LogP contribution in [0.2, 0.25) is 0 Å². The van der Waals surface area contributed by atoms with Gasteiger partial charge in [-0.2, -0.15) is 0 Å². The van der Waals surface area contributed by atoms with Gasteiger partial charge in [0.25, 0.3) is 11.8 Å². The second kappa shape index (κ2) is 12.2. The molecule has 2 saturated heterocycles. The van der Waals surface area contributed by atoms with Crippen molar-refractivity contribution in [1.82, 2.24) is 4.90 Å². The zero-order chi connectivity index (χ0) is 35.7.